The summed E-state index contributed by atoms with van der Waals surface area (Å²) in [5.74, 6) is 0.821. The number of nitrogens with zero attached hydrogens (tertiary/aromatic N) is 3. The van der Waals surface area contributed by atoms with Gasteiger partial charge in [0.1, 0.15) is 5.76 Å². The van der Waals surface area contributed by atoms with Crippen LogP contribution < -0.4 is 5.32 Å². The highest BCUT2D eigenvalue weighted by atomic mass is 35.5. The van der Waals surface area contributed by atoms with Crippen LogP contribution in [0.25, 0.3) is 0 Å². The number of nitrogens with one attached hydrogen (secondary N) is 1. The van der Waals surface area contributed by atoms with Gasteiger partial charge in [-0.25, -0.2) is 0 Å². The predicted molar refractivity (Wildman–Crippen MR) is 117 cm³/mol. The molecule has 7 heteroatoms. The average Bonchev–Trinajstić information content (AvgIpc) is 3.31. The molecule has 1 atom stereocenters. The van der Waals surface area contributed by atoms with Gasteiger partial charge in [0.25, 0.3) is 5.91 Å². The number of unbranched alkanes of at least 4 members (excludes halogenated alkanes) is 4. The number of halogens is 1. The third-order valence-corrected chi connectivity index (χ3v) is 5.07. The zero-order valence-corrected chi connectivity index (χ0v) is 18.7. The molecule has 0 bridgehead atoms. The van der Waals surface area contributed by atoms with Crippen molar-refractivity contribution >= 4 is 17.5 Å². The van der Waals surface area contributed by atoms with Crippen molar-refractivity contribution in [2.24, 2.45) is 0 Å². The lowest BCUT2D eigenvalue weighted by atomic mass is 10.2. The minimum atomic E-state index is -0.177. The van der Waals surface area contributed by atoms with E-state index in [2.05, 4.69) is 36.1 Å². The van der Waals surface area contributed by atoms with E-state index in [0.29, 0.717) is 23.1 Å². The number of hydrogen-bond donors (Lipinski definition) is 1. The van der Waals surface area contributed by atoms with Crippen LogP contribution >= 0.6 is 11.6 Å². The van der Waals surface area contributed by atoms with Crippen LogP contribution in [0.5, 0.6) is 0 Å². The van der Waals surface area contributed by atoms with Crippen molar-refractivity contribution in [3.8, 4) is 0 Å². The average molecular weight is 423 g/mol. The first-order valence-corrected chi connectivity index (χ1v) is 11.2. The summed E-state index contributed by atoms with van der Waals surface area (Å²) in [6.45, 7) is 9.99. The van der Waals surface area contributed by atoms with Crippen LogP contribution in [0.4, 0.5) is 0 Å². The van der Waals surface area contributed by atoms with Crippen molar-refractivity contribution in [2.75, 3.05) is 19.6 Å². The van der Waals surface area contributed by atoms with E-state index >= 15 is 0 Å². The first-order valence-electron chi connectivity index (χ1n) is 10.8. The lowest BCUT2D eigenvalue weighted by Crippen LogP contribution is -2.42. The molecule has 6 nitrogen and oxygen atoms in total. The number of hydrogen-bond acceptors (Lipinski definition) is 4. The maximum atomic E-state index is 12.6. The maximum Gasteiger partial charge on any atom is 0.287 e. The topological polar surface area (TPSA) is 63.3 Å². The fourth-order valence-corrected chi connectivity index (χ4v) is 3.52. The monoisotopic (exact) mass is 422 g/mol. The standard InChI is InChI=1S/C22H35ClN4O2/c1-4-6-8-12-26(13-9-7-5-2)15-18(3)25-22(28)21-11-10-20(29-21)17-27-16-19(23)14-24-27/h10-11,14,16,18H,4-9,12-13,15,17H2,1-3H3,(H,25,28)/t18-/m1/s1. The highest BCUT2D eigenvalue weighted by molar-refractivity contribution is 6.30. The molecule has 0 unspecified atom stereocenters. The van der Waals surface area contributed by atoms with Crippen molar-refractivity contribution in [3.05, 3.63) is 41.1 Å². The number of furan rings is 1. The first-order chi connectivity index (χ1) is 14.0. The van der Waals surface area contributed by atoms with Gasteiger partial charge in [0, 0.05) is 18.8 Å². The van der Waals surface area contributed by atoms with Crippen LogP contribution in [0.1, 0.15) is 75.6 Å². The van der Waals surface area contributed by atoms with Gasteiger partial charge in [-0.1, -0.05) is 51.1 Å². The first kappa shape index (κ1) is 23.5. The van der Waals surface area contributed by atoms with Gasteiger partial charge >= 0.3 is 0 Å². The van der Waals surface area contributed by atoms with E-state index in [1.807, 2.05) is 0 Å². The summed E-state index contributed by atoms with van der Waals surface area (Å²) in [5.41, 5.74) is 0. The minimum Gasteiger partial charge on any atom is -0.454 e. The Bertz CT molecular complexity index is 718. The normalized spacial score (nSPS) is 12.4. The second-order valence-corrected chi connectivity index (χ2v) is 8.15. The Labute approximate surface area is 179 Å². The molecule has 0 spiro atoms. The van der Waals surface area contributed by atoms with E-state index in [1.165, 1.54) is 38.5 Å². The quantitative estimate of drug-likeness (QED) is 0.436. The van der Waals surface area contributed by atoms with E-state index in [9.17, 15) is 4.79 Å². The van der Waals surface area contributed by atoms with E-state index < -0.39 is 0 Å². The summed E-state index contributed by atoms with van der Waals surface area (Å²) >= 11 is 5.88. The van der Waals surface area contributed by atoms with Gasteiger partial charge in [-0.2, -0.15) is 5.10 Å². The Morgan fingerprint density at radius 3 is 2.48 bits per heavy atom. The Balaban J connectivity index is 1.83. The number of amides is 1. The number of carbonyl (C=O) groups excluding carboxylic acids is 1. The van der Waals surface area contributed by atoms with Crippen LogP contribution in [-0.2, 0) is 6.54 Å². The molecule has 2 aromatic rings. The van der Waals surface area contributed by atoms with Crippen LogP contribution in [0.15, 0.2) is 28.9 Å². The summed E-state index contributed by atoms with van der Waals surface area (Å²) in [6, 6.07) is 3.57. The summed E-state index contributed by atoms with van der Waals surface area (Å²) in [7, 11) is 0. The highest BCUT2D eigenvalue weighted by Gasteiger charge is 2.16. The molecule has 0 saturated heterocycles. The fraction of sp³-hybridized carbons (Fsp3) is 0.636. The summed E-state index contributed by atoms with van der Waals surface area (Å²) in [6.07, 6.45) is 10.7. The second-order valence-electron chi connectivity index (χ2n) is 7.71. The number of aromatic nitrogens is 2. The highest BCUT2D eigenvalue weighted by Crippen LogP contribution is 2.12. The molecule has 1 amide bonds. The molecule has 0 aromatic carbocycles. The molecule has 0 aliphatic rings. The molecule has 0 aliphatic heterocycles. The SMILES string of the molecule is CCCCCN(CCCCC)C[C@@H](C)NC(=O)c1ccc(Cn2cc(Cl)cn2)o1. The maximum absolute atomic E-state index is 12.6. The molecule has 0 fully saturated rings. The molecule has 0 radical (unpaired) electrons. The molecule has 0 saturated carbocycles. The molecular weight excluding hydrogens is 388 g/mol. The van der Waals surface area contributed by atoms with Crippen LogP contribution in [-0.4, -0.2) is 46.3 Å². The minimum absolute atomic E-state index is 0.0595. The molecule has 29 heavy (non-hydrogen) atoms. The summed E-state index contributed by atoms with van der Waals surface area (Å²) in [5, 5.41) is 7.77. The molecular formula is C22H35ClN4O2. The van der Waals surface area contributed by atoms with Crippen molar-refractivity contribution in [1.29, 1.82) is 0 Å². The van der Waals surface area contributed by atoms with Crippen LogP contribution in [0, 0.1) is 0 Å². The molecule has 2 aromatic heterocycles. The Morgan fingerprint density at radius 2 is 1.90 bits per heavy atom. The summed E-state index contributed by atoms with van der Waals surface area (Å²) in [4.78, 5) is 15.0. The van der Waals surface area contributed by atoms with Gasteiger partial charge in [-0.15, -0.1) is 0 Å². The molecule has 162 valence electrons. The molecule has 1 N–H and O–H groups in total. The number of carbonyl (C=O) groups is 1. The summed E-state index contributed by atoms with van der Waals surface area (Å²) < 4.78 is 7.37. The predicted octanol–water partition coefficient (Wildman–Crippen LogP) is 4.98. The third kappa shape index (κ3) is 8.62. The van der Waals surface area contributed by atoms with Crippen molar-refractivity contribution in [2.45, 2.75) is 71.9 Å². The molecule has 2 rings (SSSR count). The smallest absolute Gasteiger partial charge is 0.287 e. The van der Waals surface area contributed by atoms with E-state index in [0.717, 1.165) is 19.6 Å². The van der Waals surface area contributed by atoms with Gasteiger partial charge < -0.3 is 14.6 Å². The van der Waals surface area contributed by atoms with Gasteiger partial charge in [-0.3, -0.25) is 9.48 Å². The van der Waals surface area contributed by atoms with Gasteiger partial charge in [-0.05, 0) is 45.0 Å². The van der Waals surface area contributed by atoms with Gasteiger partial charge in [0.05, 0.1) is 17.8 Å². The van der Waals surface area contributed by atoms with Crippen molar-refractivity contribution < 1.29 is 9.21 Å². The van der Waals surface area contributed by atoms with E-state index in [1.54, 1.807) is 29.2 Å². The second kappa shape index (κ2) is 12.7. The lowest BCUT2D eigenvalue weighted by Gasteiger charge is -2.26. The lowest BCUT2D eigenvalue weighted by molar-refractivity contribution is 0.0898. The third-order valence-electron chi connectivity index (χ3n) is 4.87. The number of rotatable bonds is 14. The zero-order valence-electron chi connectivity index (χ0n) is 18.0. The Morgan fingerprint density at radius 1 is 1.21 bits per heavy atom. The van der Waals surface area contributed by atoms with Gasteiger partial charge in [0.15, 0.2) is 5.76 Å². The van der Waals surface area contributed by atoms with Crippen LogP contribution in [0.2, 0.25) is 5.02 Å². The van der Waals surface area contributed by atoms with Crippen LogP contribution in [0.3, 0.4) is 0 Å². The van der Waals surface area contributed by atoms with Crippen molar-refractivity contribution in [1.82, 2.24) is 20.0 Å². The zero-order chi connectivity index (χ0) is 21.1. The van der Waals surface area contributed by atoms with Crippen molar-refractivity contribution in [3.63, 3.8) is 0 Å². The Kier molecular flexibility index (Phi) is 10.3. The van der Waals surface area contributed by atoms with E-state index in [-0.39, 0.29) is 11.9 Å². The van der Waals surface area contributed by atoms with Gasteiger partial charge in [0.2, 0.25) is 0 Å². The Hall–Kier alpha value is -1.79. The fourth-order valence-electron chi connectivity index (χ4n) is 3.36. The molecule has 0 aliphatic carbocycles. The largest absolute Gasteiger partial charge is 0.454 e. The molecule has 2 heterocycles. The van der Waals surface area contributed by atoms with E-state index in [4.69, 9.17) is 16.0 Å².